The van der Waals surface area contributed by atoms with Gasteiger partial charge in [0.1, 0.15) is 5.01 Å². The molecule has 8 heteroatoms. The molecule has 0 fully saturated rings. The monoisotopic (exact) mass is 274 g/mol. The maximum absolute atomic E-state index is 11.6. The van der Waals surface area contributed by atoms with Crippen LogP contribution in [0.15, 0.2) is 6.20 Å². The molecule has 0 spiro atoms. The van der Waals surface area contributed by atoms with Crippen molar-refractivity contribution >= 4 is 40.2 Å². The van der Waals surface area contributed by atoms with Gasteiger partial charge in [-0.1, -0.05) is 11.3 Å². The first-order valence-corrected chi connectivity index (χ1v) is 6.35. The van der Waals surface area contributed by atoms with E-state index in [2.05, 4.69) is 20.5 Å². The van der Waals surface area contributed by atoms with Crippen molar-refractivity contribution in [2.45, 2.75) is 13.5 Å². The first-order chi connectivity index (χ1) is 7.65. The lowest BCUT2D eigenvalue weighted by Gasteiger charge is -1.98. The number of carbonyl (C=O) groups is 1. The van der Waals surface area contributed by atoms with Gasteiger partial charge in [0, 0.05) is 11.1 Å². The molecule has 0 radical (unpaired) electrons. The van der Waals surface area contributed by atoms with Crippen LogP contribution in [0.25, 0.3) is 0 Å². The summed E-state index contributed by atoms with van der Waals surface area (Å²) in [6, 6.07) is 0. The topological polar surface area (TPSA) is 67.8 Å². The van der Waals surface area contributed by atoms with Crippen LogP contribution in [0.3, 0.4) is 0 Å². The number of hydrogen-bond donors (Lipinski definition) is 1. The summed E-state index contributed by atoms with van der Waals surface area (Å²) < 4.78 is 0.259. The maximum Gasteiger partial charge on any atom is 0.282 e. The molecule has 2 heterocycles. The van der Waals surface area contributed by atoms with Gasteiger partial charge in [-0.15, -0.1) is 21.5 Å². The molecule has 0 unspecified atom stereocenters. The first kappa shape index (κ1) is 11.4. The van der Waals surface area contributed by atoms with Crippen LogP contribution < -0.4 is 5.32 Å². The quantitative estimate of drug-likeness (QED) is 0.928. The zero-order valence-electron chi connectivity index (χ0n) is 8.23. The number of halogens is 1. The molecular weight excluding hydrogens is 268 g/mol. The largest absolute Gasteiger partial charge is 0.343 e. The molecule has 16 heavy (non-hydrogen) atoms. The Balaban J connectivity index is 1.93. The van der Waals surface area contributed by atoms with E-state index in [4.69, 9.17) is 11.6 Å². The van der Waals surface area contributed by atoms with Crippen molar-refractivity contribution in [1.82, 2.24) is 20.5 Å². The highest BCUT2D eigenvalue weighted by atomic mass is 35.5. The van der Waals surface area contributed by atoms with E-state index in [0.29, 0.717) is 6.54 Å². The normalized spacial score (nSPS) is 10.4. The Hall–Kier alpha value is -1.05. The highest BCUT2D eigenvalue weighted by molar-refractivity contribution is 7.17. The lowest BCUT2D eigenvalue weighted by atomic mass is 10.6. The SMILES string of the molecule is Cc1cnc(CNC(=O)c2nnc(Cl)s2)s1. The van der Waals surface area contributed by atoms with Crippen LogP contribution in [-0.4, -0.2) is 21.1 Å². The van der Waals surface area contributed by atoms with Crippen LogP contribution in [0.2, 0.25) is 4.47 Å². The van der Waals surface area contributed by atoms with Crippen molar-refractivity contribution in [2.24, 2.45) is 0 Å². The molecule has 0 aliphatic heterocycles. The molecule has 0 saturated heterocycles. The Bertz CT molecular complexity index is 510. The van der Waals surface area contributed by atoms with E-state index in [1.807, 2.05) is 6.92 Å². The molecule has 1 N–H and O–H groups in total. The van der Waals surface area contributed by atoms with Crippen molar-refractivity contribution in [1.29, 1.82) is 0 Å². The van der Waals surface area contributed by atoms with Crippen molar-refractivity contribution in [2.75, 3.05) is 0 Å². The number of rotatable bonds is 3. The van der Waals surface area contributed by atoms with Crippen molar-refractivity contribution < 1.29 is 4.79 Å². The smallest absolute Gasteiger partial charge is 0.282 e. The fraction of sp³-hybridized carbons (Fsp3) is 0.250. The third-order valence-corrected chi connectivity index (χ3v) is 3.59. The van der Waals surface area contributed by atoms with Crippen molar-refractivity contribution in [3.05, 3.63) is 25.6 Å². The lowest BCUT2D eigenvalue weighted by molar-refractivity contribution is 0.0950. The van der Waals surface area contributed by atoms with Gasteiger partial charge in [0.2, 0.25) is 9.47 Å². The molecule has 0 aliphatic carbocycles. The number of amides is 1. The van der Waals surface area contributed by atoms with Gasteiger partial charge < -0.3 is 5.32 Å². The zero-order valence-corrected chi connectivity index (χ0v) is 10.6. The van der Waals surface area contributed by atoms with Crippen LogP contribution in [0.4, 0.5) is 0 Å². The molecule has 2 aromatic heterocycles. The average molecular weight is 275 g/mol. The third-order valence-electron chi connectivity index (χ3n) is 1.66. The van der Waals surface area contributed by atoms with Crippen LogP contribution in [0.5, 0.6) is 0 Å². The Morgan fingerprint density at radius 3 is 2.88 bits per heavy atom. The van der Waals surface area contributed by atoms with E-state index in [-0.39, 0.29) is 15.4 Å². The summed E-state index contributed by atoms with van der Waals surface area (Å²) in [5, 5.41) is 11.0. The second kappa shape index (κ2) is 4.86. The van der Waals surface area contributed by atoms with E-state index < -0.39 is 0 Å². The minimum atomic E-state index is -0.280. The van der Waals surface area contributed by atoms with Gasteiger partial charge in [-0.3, -0.25) is 4.79 Å². The van der Waals surface area contributed by atoms with Gasteiger partial charge in [-0.2, -0.15) is 0 Å². The number of aromatic nitrogens is 3. The highest BCUT2D eigenvalue weighted by Gasteiger charge is 2.11. The fourth-order valence-corrected chi connectivity index (χ4v) is 2.48. The number of aryl methyl sites for hydroxylation is 1. The van der Waals surface area contributed by atoms with E-state index >= 15 is 0 Å². The van der Waals surface area contributed by atoms with E-state index in [1.165, 1.54) is 0 Å². The Morgan fingerprint density at radius 2 is 2.31 bits per heavy atom. The Morgan fingerprint density at radius 1 is 1.50 bits per heavy atom. The van der Waals surface area contributed by atoms with Crippen LogP contribution in [-0.2, 0) is 6.54 Å². The molecule has 1 amide bonds. The average Bonchev–Trinajstić information content (AvgIpc) is 2.84. The molecule has 0 bridgehead atoms. The van der Waals surface area contributed by atoms with Crippen molar-refractivity contribution in [3.63, 3.8) is 0 Å². The Kier molecular flexibility index (Phi) is 3.47. The molecule has 84 valence electrons. The maximum atomic E-state index is 11.6. The Labute approximate surface area is 105 Å². The lowest BCUT2D eigenvalue weighted by Crippen LogP contribution is -2.22. The summed E-state index contributed by atoms with van der Waals surface area (Å²) in [7, 11) is 0. The predicted molar refractivity (Wildman–Crippen MR) is 62.9 cm³/mol. The summed E-state index contributed by atoms with van der Waals surface area (Å²) in [5.74, 6) is -0.280. The number of carbonyl (C=O) groups excluding carboxylic acids is 1. The molecule has 0 aliphatic rings. The zero-order chi connectivity index (χ0) is 11.5. The minimum Gasteiger partial charge on any atom is -0.343 e. The van der Waals surface area contributed by atoms with Crippen LogP contribution in [0, 0.1) is 6.92 Å². The summed E-state index contributed by atoms with van der Waals surface area (Å²) in [6.45, 7) is 2.36. The van der Waals surface area contributed by atoms with Crippen LogP contribution >= 0.6 is 34.3 Å². The molecule has 2 rings (SSSR count). The third kappa shape index (κ3) is 2.75. The number of nitrogens with one attached hydrogen (secondary N) is 1. The molecular formula is C8H7ClN4OS2. The molecule has 0 saturated carbocycles. The van der Waals surface area contributed by atoms with Crippen LogP contribution in [0.1, 0.15) is 19.7 Å². The summed E-state index contributed by atoms with van der Waals surface area (Å²) in [6.07, 6.45) is 1.77. The first-order valence-electron chi connectivity index (χ1n) is 4.33. The predicted octanol–water partition coefficient (Wildman–Crippen LogP) is 1.89. The number of nitrogens with zero attached hydrogens (tertiary/aromatic N) is 3. The van der Waals surface area contributed by atoms with Gasteiger partial charge in [0.05, 0.1) is 6.54 Å². The van der Waals surface area contributed by atoms with Gasteiger partial charge in [-0.05, 0) is 18.5 Å². The minimum absolute atomic E-state index is 0.259. The number of thiazole rings is 1. The molecule has 5 nitrogen and oxygen atoms in total. The second-order valence-electron chi connectivity index (χ2n) is 2.91. The molecule has 2 aromatic rings. The van der Waals surface area contributed by atoms with E-state index in [1.54, 1.807) is 17.5 Å². The van der Waals surface area contributed by atoms with Crippen molar-refractivity contribution in [3.8, 4) is 0 Å². The van der Waals surface area contributed by atoms with Gasteiger partial charge in [0.25, 0.3) is 5.91 Å². The summed E-state index contributed by atoms with van der Waals surface area (Å²) in [4.78, 5) is 16.8. The van der Waals surface area contributed by atoms with E-state index in [0.717, 1.165) is 21.2 Å². The summed E-state index contributed by atoms with van der Waals surface area (Å²) in [5.41, 5.74) is 0. The highest BCUT2D eigenvalue weighted by Crippen LogP contribution is 2.15. The van der Waals surface area contributed by atoms with Gasteiger partial charge in [-0.25, -0.2) is 4.98 Å². The molecule has 0 aromatic carbocycles. The standard InChI is InChI=1S/C8H7ClN4OS2/c1-4-2-10-5(15-4)3-11-6(14)7-12-13-8(9)16-7/h2H,3H2,1H3,(H,11,14). The molecule has 0 atom stereocenters. The second-order valence-corrected chi connectivity index (χ2v) is 5.79. The van der Waals surface area contributed by atoms with Gasteiger partial charge >= 0.3 is 0 Å². The number of hydrogen-bond acceptors (Lipinski definition) is 6. The fourth-order valence-electron chi connectivity index (χ4n) is 1.01. The van der Waals surface area contributed by atoms with E-state index in [9.17, 15) is 4.79 Å². The summed E-state index contributed by atoms with van der Waals surface area (Å²) >= 11 is 8.18. The van der Waals surface area contributed by atoms with Gasteiger partial charge in [0.15, 0.2) is 0 Å².